The third-order valence-electron chi connectivity index (χ3n) is 3.19. The van der Waals surface area contributed by atoms with Gasteiger partial charge in [-0.15, -0.1) is 0 Å². The minimum Gasteiger partial charge on any atom is -0.345 e. The van der Waals surface area contributed by atoms with Crippen molar-refractivity contribution >= 4 is 16.1 Å². The van der Waals surface area contributed by atoms with Crippen LogP contribution in [-0.2, 0) is 19.1 Å². The third kappa shape index (κ3) is 0.757. The molecule has 5 heteroatoms. The highest BCUT2D eigenvalue weighted by Crippen LogP contribution is 2.51. The van der Waals surface area contributed by atoms with Crippen LogP contribution in [0.25, 0.3) is 0 Å². The van der Waals surface area contributed by atoms with Gasteiger partial charge < -0.3 is 4.18 Å². The maximum atomic E-state index is 11.4. The summed E-state index contributed by atoms with van der Waals surface area (Å²) in [5, 5.41) is -0.588. The Bertz CT molecular complexity index is 408. The molecule has 1 saturated carbocycles. The van der Waals surface area contributed by atoms with E-state index in [1.165, 1.54) is 0 Å². The number of hydrogen-bond acceptors (Lipinski definition) is 4. The van der Waals surface area contributed by atoms with Crippen LogP contribution in [0.1, 0.15) is 6.42 Å². The molecule has 0 aromatic heterocycles. The van der Waals surface area contributed by atoms with Gasteiger partial charge in [-0.3, -0.25) is 4.79 Å². The van der Waals surface area contributed by atoms with Crippen molar-refractivity contribution in [2.75, 3.05) is 0 Å². The normalized spacial score (nSPS) is 49.4. The quantitative estimate of drug-likeness (QED) is 0.410. The summed E-state index contributed by atoms with van der Waals surface area (Å²) in [6.45, 7) is 0. The van der Waals surface area contributed by atoms with Crippen molar-refractivity contribution in [2.24, 2.45) is 17.8 Å². The molecule has 2 fully saturated rings. The zero-order valence-electron chi connectivity index (χ0n) is 6.71. The van der Waals surface area contributed by atoms with Crippen LogP contribution in [0.5, 0.6) is 0 Å². The van der Waals surface area contributed by atoms with Gasteiger partial charge in [-0.05, 0) is 18.3 Å². The SMILES string of the molecule is O=C1OS(=O)(=O)C2C3C=CC(C3)C12. The molecule has 0 aromatic carbocycles. The summed E-state index contributed by atoms with van der Waals surface area (Å²) in [6, 6.07) is 0. The van der Waals surface area contributed by atoms with Crippen LogP contribution in [0.15, 0.2) is 12.2 Å². The summed E-state index contributed by atoms with van der Waals surface area (Å²) >= 11 is 0. The van der Waals surface area contributed by atoms with Crippen LogP contribution in [0.4, 0.5) is 0 Å². The zero-order chi connectivity index (χ0) is 9.22. The molecule has 0 N–H and O–H groups in total. The lowest BCUT2D eigenvalue weighted by Crippen LogP contribution is -2.27. The molecule has 1 saturated heterocycles. The molecule has 13 heavy (non-hydrogen) atoms. The molecule has 0 aromatic rings. The van der Waals surface area contributed by atoms with E-state index in [1.807, 2.05) is 12.2 Å². The first-order chi connectivity index (χ1) is 6.09. The van der Waals surface area contributed by atoms with Gasteiger partial charge in [0.1, 0.15) is 5.25 Å². The summed E-state index contributed by atoms with van der Waals surface area (Å²) in [7, 11) is -3.60. The molecule has 4 unspecified atom stereocenters. The number of fused-ring (bicyclic) bond motifs is 5. The van der Waals surface area contributed by atoms with Gasteiger partial charge in [0, 0.05) is 0 Å². The predicted molar refractivity (Wildman–Crippen MR) is 43.0 cm³/mol. The Morgan fingerprint density at radius 2 is 2.00 bits per heavy atom. The van der Waals surface area contributed by atoms with E-state index in [2.05, 4.69) is 4.18 Å². The van der Waals surface area contributed by atoms with Gasteiger partial charge in [0.2, 0.25) is 0 Å². The number of carbonyl (C=O) groups excluding carboxylic acids is 1. The van der Waals surface area contributed by atoms with Crippen LogP contribution in [0, 0.1) is 17.8 Å². The summed E-state index contributed by atoms with van der Waals surface area (Å²) in [5.41, 5.74) is 0. The molecule has 1 aliphatic heterocycles. The second kappa shape index (κ2) is 1.97. The van der Waals surface area contributed by atoms with E-state index in [0.29, 0.717) is 0 Å². The Hall–Kier alpha value is -0.840. The molecule has 2 bridgehead atoms. The molecule has 4 nitrogen and oxygen atoms in total. The van der Waals surface area contributed by atoms with Gasteiger partial charge in [-0.1, -0.05) is 12.2 Å². The molecule has 4 atom stereocenters. The van der Waals surface area contributed by atoms with E-state index in [9.17, 15) is 13.2 Å². The summed E-state index contributed by atoms with van der Waals surface area (Å²) in [4.78, 5) is 11.2. The average Bonchev–Trinajstić information content (AvgIpc) is 2.63. The number of carbonyl (C=O) groups is 1. The Kier molecular flexibility index (Phi) is 1.15. The standard InChI is InChI=1S/C8H8O4S/c9-8-6-4-1-2-5(3-4)7(6)13(10,11)12-8/h1-2,4-7H,3H2. The van der Waals surface area contributed by atoms with E-state index in [-0.39, 0.29) is 11.8 Å². The molecule has 0 spiro atoms. The molecular weight excluding hydrogens is 192 g/mol. The van der Waals surface area contributed by atoms with Crippen molar-refractivity contribution in [3.63, 3.8) is 0 Å². The number of allylic oxidation sites excluding steroid dienone is 2. The molecule has 2 aliphatic carbocycles. The van der Waals surface area contributed by atoms with Gasteiger partial charge in [0.25, 0.3) is 0 Å². The highest BCUT2D eigenvalue weighted by molar-refractivity contribution is 7.88. The van der Waals surface area contributed by atoms with E-state index >= 15 is 0 Å². The fraction of sp³-hybridized carbons (Fsp3) is 0.625. The monoisotopic (exact) mass is 200 g/mol. The van der Waals surface area contributed by atoms with Crippen molar-refractivity contribution in [1.82, 2.24) is 0 Å². The fourth-order valence-electron chi connectivity index (χ4n) is 2.70. The van der Waals surface area contributed by atoms with Gasteiger partial charge in [-0.25, -0.2) is 0 Å². The second-order valence-electron chi connectivity index (χ2n) is 3.83. The maximum Gasteiger partial charge on any atom is 0.327 e. The topological polar surface area (TPSA) is 60.4 Å². The summed E-state index contributed by atoms with van der Waals surface area (Å²) in [5.74, 6) is -0.868. The van der Waals surface area contributed by atoms with E-state index in [1.54, 1.807) is 0 Å². The van der Waals surface area contributed by atoms with E-state index in [4.69, 9.17) is 0 Å². The van der Waals surface area contributed by atoms with Crippen molar-refractivity contribution in [2.45, 2.75) is 11.7 Å². The van der Waals surface area contributed by atoms with Crippen molar-refractivity contribution < 1.29 is 17.4 Å². The van der Waals surface area contributed by atoms with Crippen LogP contribution in [0.2, 0.25) is 0 Å². The molecule has 3 rings (SSSR count). The van der Waals surface area contributed by atoms with Crippen molar-refractivity contribution in [1.29, 1.82) is 0 Å². The Morgan fingerprint density at radius 3 is 2.69 bits per heavy atom. The maximum absolute atomic E-state index is 11.4. The molecule has 70 valence electrons. The van der Waals surface area contributed by atoms with Gasteiger partial charge in [0.15, 0.2) is 0 Å². The van der Waals surface area contributed by atoms with Crippen LogP contribution in [-0.4, -0.2) is 19.6 Å². The molecule has 0 amide bonds. The Morgan fingerprint density at radius 1 is 1.31 bits per heavy atom. The molecule has 0 radical (unpaired) electrons. The smallest absolute Gasteiger partial charge is 0.327 e. The van der Waals surface area contributed by atoms with Crippen molar-refractivity contribution in [3.05, 3.63) is 12.2 Å². The van der Waals surface area contributed by atoms with Crippen LogP contribution >= 0.6 is 0 Å². The van der Waals surface area contributed by atoms with E-state index in [0.717, 1.165) is 6.42 Å². The van der Waals surface area contributed by atoms with Crippen LogP contribution < -0.4 is 0 Å². The lowest BCUT2D eigenvalue weighted by Gasteiger charge is -2.12. The second-order valence-corrected chi connectivity index (χ2v) is 5.53. The first-order valence-corrected chi connectivity index (χ1v) is 5.72. The Labute approximate surface area is 75.7 Å². The number of rotatable bonds is 0. The molecule has 3 aliphatic rings. The zero-order valence-corrected chi connectivity index (χ0v) is 7.53. The minimum atomic E-state index is -3.60. The van der Waals surface area contributed by atoms with E-state index < -0.39 is 27.3 Å². The predicted octanol–water partition coefficient (Wildman–Crippen LogP) is 0.0637. The fourth-order valence-corrected chi connectivity index (χ4v) is 4.46. The number of hydrogen-bond donors (Lipinski definition) is 0. The van der Waals surface area contributed by atoms with Crippen molar-refractivity contribution in [3.8, 4) is 0 Å². The van der Waals surface area contributed by atoms with Gasteiger partial charge in [-0.2, -0.15) is 8.42 Å². The highest BCUT2D eigenvalue weighted by Gasteiger charge is 2.61. The molecular formula is C8H8O4S. The minimum absolute atomic E-state index is 0.00597. The summed E-state index contributed by atoms with van der Waals surface area (Å²) in [6.07, 6.45) is 4.63. The largest absolute Gasteiger partial charge is 0.345 e. The lowest BCUT2D eigenvalue weighted by atomic mass is 9.93. The third-order valence-corrected chi connectivity index (χ3v) is 4.90. The average molecular weight is 200 g/mol. The van der Waals surface area contributed by atoms with Gasteiger partial charge >= 0.3 is 16.1 Å². The Balaban J connectivity index is 2.17. The first kappa shape index (κ1) is 7.55. The molecule has 1 heterocycles. The highest BCUT2D eigenvalue weighted by atomic mass is 32.2. The summed E-state index contributed by atoms with van der Waals surface area (Å²) < 4.78 is 27.1. The van der Waals surface area contributed by atoms with Gasteiger partial charge in [0.05, 0.1) is 5.92 Å². The first-order valence-electron chi connectivity index (χ1n) is 4.25. The lowest BCUT2D eigenvalue weighted by molar-refractivity contribution is -0.136. The van der Waals surface area contributed by atoms with Crippen LogP contribution in [0.3, 0.4) is 0 Å².